The first-order chi connectivity index (χ1) is 19.1. The van der Waals surface area contributed by atoms with Crippen LogP contribution in [0.3, 0.4) is 0 Å². The van der Waals surface area contributed by atoms with Gasteiger partial charge in [-0.05, 0) is 65.7 Å². The number of fused-ring (bicyclic) bond motifs is 1. The quantitative estimate of drug-likeness (QED) is 0.234. The molecule has 0 unspecified atom stereocenters. The summed E-state index contributed by atoms with van der Waals surface area (Å²) in [5, 5.41) is 1.29. The molecule has 0 atom stereocenters. The number of aromatic nitrogens is 3. The van der Waals surface area contributed by atoms with Gasteiger partial charge in [-0.2, -0.15) is 0 Å². The van der Waals surface area contributed by atoms with Crippen LogP contribution in [0.4, 0.5) is 4.39 Å². The summed E-state index contributed by atoms with van der Waals surface area (Å²) in [6, 6.07) is 20.2. The minimum atomic E-state index is -0.396. The second-order valence-corrected chi connectivity index (χ2v) is 9.78. The molecule has 0 aliphatic carbocycles. The first kappa shape index (κ1) is 25.4. The van der Waals surface area contributed by atoms with E-state index in [2.05, 4.69) is 25.9 Å². The van der Waals surface area contributed by atoms with E-state index in [4.69, 9.17) is 21.1 Å². The van der Waals surface area contributed by atoms with Gasteiger partial charge in [-0.1, -0.05) is 23.7 Å². The van der Waals surface area contributed by atoms with Gasteiger partial charge in [0.1, 0.15) is 18.2 Å². The highest BCUT2D eigenvalue weighted by molar-refractivity contribution is 6.30. The van der Waals surface area contributed by atoms with E-state index in [0.29, 0.717) is 28.5 Å². The van der Waals surface area contributed by atoms with Gasteiger partial charge in [0, 0.05) is 65.3 Å². The molecule has 0 bridgehead atoms. The van der Waals surface area contributed by atoms with Crippen molar-refractivity contribution in [1.82, 2.24) is 19.9 Å². The molecule has 0 spiro atoms. The van der Waals surface area contributed by atoms with Crippen LogP contribution in [-0.2, 0) is 4.74 Å². The molecule has 0 saturated carbocycles. The van der Waals surface area contributed by atoms with Crippen molar-refractivity contribution in [3.05, 3.63) is 96.2 Å². The van der Waals surface area contributed by atoms with Gasteiger partial charge in [0.05, 0.1) is 18.9 Å². The zero-order chi connectivity index (χ0) is 26.6. The number of benzene rings is 2. The lowest BCUT2D eigenvalue weighted by atomic mass is 9.98. The van der Waals surface area contributed by atoms with Gasteiger partial charge >= 0.3 is 0 Å². The number of pyridine rings is 3. The maximum Gasteiger partial charge on any atom is 0.160 e. The van der Waals surface area contributed by atoms with Gasteiger partial charge in [0.15, 0.2) is 5.65 Å². The Labute approximate surface area is 231 Å². The molecule has 1 aliphatic heterocycles. The summed E-state index contributed by atoms with van der Waals surface area (Å²) in [5.74, 6) is 0.433. The molecule has 4 heterocycles. The predicted molar refractivity (Wildman–Crippen MR) is 151 cm³/mol. The zero-order valence-electron chi connectivity index (χ0n) is 21.2. The first-order valence-electron chi connectivity index (χ1n) is 12.8. The maximum absolute atomic E-state index is 14.7. The fourth-order valence-corrected chi connectivity index (χ4v) is 4.91. The Kier molecular flexibility index (Phi) is 7.45. The monoisotopic (exact) mass is 540 g/mol. The summed E-state index contributed by atoms with van der Waals surface area (Å²) < 4.78 is 26.1. The van der Waals surface area contributed by atoms with Crippen LogP contribution in [0.5, 0.6) is 5.75 Å². The average Bonchev–Trinajstić information content (AvgIpc) is 2.99. The summed E-state index contributed by atoms with van der Waals surface area (Å²) in [6.45, 7) is 4.98. The van der Waals surface area contributed by atoms with Crippen molar-refractivity contribution >= 4 is 22.6 Å². The van der Waals surface area contributed by atoms with E-state index < -0.39 is 5.82 Å². The van der Waals surface area contributed by atoms with E-state index in [1.165, 1.54) is 12.1 Å². The van der Waals surface area contributed by atoms with Crippen molar-refractivity contribution in [2.45, 2.75) is 0 Å². The number of hydrogen-bond acceptors (Lipinski definition) is 6. The molecule has 5 aromatic rings. The molecule has 1 fully saturated rings. The van der Waals surface area contributed by atoms with Crippen LogP contribution in [0.1, 0.15) is 0 Å². The van der Waals surface area contributed by atoms with Gasteiger partial charge < -0.3 is 9.47 Å². The van der Waals surface area contributed by atoms with E-state index >= 15 is 0 Å². The Bertz CT molecular complexity index is 1610. The van der Waals surface area contributed by atoms with Crippen molar-refractivity contribution in [1.29, 1.82) is 0 Å². The lowest BCUT2D eigenvalue weighted by Crippen LogP contribution is -2.38. The number of ether oxygens (including phenoxy) is 2. The second kappa shape index (κ2) is 11.5. The molecule has 8 heteroatoms. The summed E-state index contributed by atoms with van der Waals surface area (Å²) in [5.41, 5.74) is 5.01. The lowest BCUT2D eigenvalue weighted by molar-refractivity contribution is 0.0322. The van der Waals surface area contributed by atoms with Gasteiger partial charge in [-0.15, -0.1) is 0 Å². The molecule has 1 aliphatic rings. The first-order valence-corrected chi connectivity index (χ1v) is 13.2. The zero-order valence-corrected chi connectivity index (χ0v) is 21.9. The van der Waals surface area contributed by atoms with Crippen molar-refractivity contribution < 1.29 is 13.9 Å². The van der Waals surface area contributed by atoms with Gasteiger partial charge in [-0.3, -0.25) is 9.88 Å². The number of rotatable bonds is 7. The molecule has 0 amide bonds. The number of hydrogen-bond donors (Lipinski definition) is 0. The van der Waals surface area contributed by atoms with E-state index in [1.54, 1.807) is 18.5 Å². The van der Waals surface area contributed by atoms with Gasteiger partial charge in [-0.25, -0.2) is 14.4 Å². The third-order valence-electron chi connectivity index (χ3n) is 6.81. The highest BCUT2D eigenvalue weighted by Gasteiger charge is 2.15. The molecule has 6 nitrogen and oxygen atoms in total. The Balaban J connectivity index is 1.28. The number of morpholine rings is 1. The lowest BCUT2D eigenvalue weighted by Gasteiger charge is -2.26. The third kappa shape index (κ3) is 5.76. The topological polar surface area (TPSA) is 60.4 Å². The summed E-state index contributed by atoms with van der Waals surface area (Å²) >= 11 is 6.17. The molecule has 6 rings (SSSR count). The van der Waals surface area contributed by atoms with Crippen molar-refractivity contribution in [3.8, 4) is 39.3 Å². The van der Waals surface area contributed by atoms with Crippen LogP contribution in [-0.4, -0.2) is 59.3 Å². The molecule has 1 saturated heterocycles. The number of halogens is 2. The molecule has 0 radical (unpaired) electrons. The summed E-state index contributed by atoms with van der Waals surface area (Å²) in [7, 11) is 0. The fraction of sp³-hybridized carbons (Fsp3) is 0.194. The Morgan fingerprint density at radius 1 is 0.897 bits per heavy atom. The maximum atomic E-state index is 14.7. The normalized spacial score (nSPS) is 14.0. The summed E-state index contributed by atoms with van der Waals surface area (Å²) in [4.78, 5) is 15.9. The van der Waals surface area contributed by atoms with Crippen molar-refractivity contribution in [2.75, 3.05) is 39.5 Å². The minimum absolute atomic E-state index is 0.324. The smallest absolute Gasteiger partial charge is 0.160 e. The van der Waals surface area contributed by atoms with E-state index in [-0.39, 0.29) is 0 Å². The van der Waals surface area contributed by atoms with Crippen LogP contribution in [0, 0.1) is 5.82 Å². The van der Waals surface area contributed by atoms with Crippen LogP contribution >= 0.6 is 11.6 Å². The highest BCUT2D eigenvalue weighted by Crippen LogP contribution is 2.34. The molecular formula is C31H26ClFN4O2. The van der Waals surface area contributed by atoms with Crippen molar-refractivity contribution in [3.63, 3.8) is 0 Å². The molecule has 39 heavy (non-hydrogen) atoms. The second-order valence-electron chi connectivity index (χ2n) is 9.34. The van der Waals surface area contributed by atoms with Crippen LogP contribution in [0.2, 0.25) is 5.02 Å². The Morgan fingerprint density at radius 3 is 2.56 bits per heavy atom. The molecule has 2 aromatic carbocycles. The van der Waals surface area contributed by atoms with Crippen LogP contribution in [0.15, 0.2) is 85.3 Å². The van der Waals surface area contributed by atoms with Crippen molar-refractivity contribution in [2.24, 2.45) is 0 Å². The van der Waals surface area contributed by atoms with Crippen LogP contribution in [0.25, 0.3) is 44.5 Å². The number of nitrogens with zero attached hydrogens (tertiary/aromatic N) is 4. The highest BCUT2D eigenvalue weighted by atomic mass is 35.5. The largest absolute Gasteiger partial charge is 0.492 e. The predicted octanol–water partition coefficient (Wildman–Crippen LogP) is 6.53. The van der Waals surface area contributed by atoms with Gasteiger partial charge in [0.2, 0.25) is 0 Å². The van der Waals surface area contributed by atoms with E-state index in [0.717, 1.165) is 66.2 Å². The molecule has 3 aromatic heterocycles. The SMILES string of the molecule is Fc1ccc(Cl)cc1-c1cc(-c2cncc(-c3ccc(OCCN4CCOCC4)cc3)c2)c2cccnc2n1. The average molecular weight is 541 g/mol. The van der Waals surface area contributed by atoms with E-state index in [9.17, 15) is 4.39 Å². The van der Waals surface area contributed by atoms with Crippen LogP contribution < -0.4 is 4.74 Å². The fourth-order valence-electron chi connectivity index (χ4n) is 4.73. The Hall–Kier alpha value is -3.91. The third-order valence-corrected chi connectivity index (χ3v) is 7.04. The molecule has 0 N–H and O–H groups in total. The molecule has 196 valence electrons. The summed E-state index contributed by atoms with van der Waals surface area (Å²) in [6.07, 6.45) is 5.31. The Morgan fingerprint density at radius 2 is 1.72 bits per heavy atom. The van der Waals surface area contributed by atoms with E-state index in [1.807, 2.05) is 48.7 Å². The molecular weight excluding hydrogens is 515 g/mol. The van der Waals surface area contributed by atoms with Gasteiger partial charge in [0.25, 0.3) is 0 Å². The minimum Gasteiger partial charge on any atom is -0.492 e. The standard InChI is InChI=1S/C31H26ClFN4O2/c32-24-5-8-29(33)28(17-24)30-18-27(26-2-1-9-35-31(26)36-30)23-16-22(19-34-20-23)21-3-6-25(7-4-21)39-15-12-37-10-13-38-14-11-37/h1-9,16-20H,10-15H2.